The van der Waals surface area contributed by atoms with E-state index in [1.165, 1.54) is 0 Å². The summed E-state index contributed by atoms with van der Waals surface area (Å²) in [5.41, 5.74) is 0.670. The molecule has 1 amide bonds. The maximum Gasteiger partial charge on any atom is 0.303 e. The fourth-order valence-corrected chi connectivity index (χ4v) is 3.49. The number of amides is 1. The second-order valence-electron chi connectivity index (χ2n) is 6.13. The van der Waals surface area contributed by atoms with Crippen LogP contribution in [-0.4, -0.2) is 39.0 Å². The highest BCUT2D eigenvalue weighted by Gasteiger charge is 2.29. The van der Waals surface area contributed by atoms with Gasteiger partial charge in [0.05, 0.1) is 0 Å². The molecule has 0 saturated carbocycles. The van der Waals surface area contributed by atoms with Gasteiger partial charge in [0, 0.05) is 35.7 Å². The molecule has 1 aliphatic rings. The number of carbonyl (C=O) groups excluding carboxylic acids is 1. The van der Waals surface area contributed by atoms with Gasteiger partial charge in [-0.15, -0.1) is 0 Å². The number of nitrogens with zero attached hydrogens (tertiary/aromatic N) is 2. The Hall–Kier alpha value is -1.30. The molecular weight excluding hydrogens is 348 g/mol. The number of hydrogen-bond donors (Lipinski definition) is 1. The summed E-state index contributed by atoms with van der Waals surface area (Å²) in [6.45, 7) is 4.80. The monoisotopic (exact) mass is 370 g/mol. The first-order valence-electron chi connectivity index (χ1n) is 7.80. The molecule has 0 aromatic carbocycles. The number of halogens is 1. The van der Waals surface area contributed by atoms with Gasteiger partial charge in [0.1, 0.15) is 5.69 Å². The number of carbonyl (C=O) groups is 2. The lowest BCUT2D eigenvalue weighted by Gasteiger charge is -2.36. The van der Waals surface area contributed by atoms with Gasteiger partial charge in [0.25, 0.3) is 5.91 Å². The van der Waals surface area contributed by atoms with Gasteiger partial charge in [-0.2, -0.15) is 0 Å². The van der Waals surface area contributed by atoms with Crippen molar-refractivity contribution in [2.45, 2.75) is 58.0 Å². The van der Waals surface area contributed by atoms with E-state index in [9.17, 15) is 9.59 Å². The van der Waals surface area contributed by atoms with Crippen LogP contribution in [0.3, 0.4) is 0 Å². The molecule has 1 unspecified atom stereocenters. The van der Waals surface area contributed by atoms with Crippen LogP contribution in [0.5, 0.6) is 0 Å². The zero-order chi connectivity index (χ0) is 16.3. The van der Waals surface area contributed by atoms with Crippen molar-refractivity contribution < 1.29 is 14.7 Å². The summed E-state index contributed by atoms with van der Waals surface area (Å²) < 4.78 is 2.86. The highest BCUT2D eigenvalue weighted by molar-refractivity contribution is 9.10. The summed E-state index contributed by atoms with van der Waals surface area (Å²) in [6, 6.07) is 2.09. The van der Waals surface area contributed by atoms with Crippen LogP contribution >= 0.6 is 15.9 Å². The van der Waals surface area contributed by atoms with Crippen LogP contribution in [-0.2, 0) is 4.79 Å². The number of aromatic nitrogens is 1. The van der Waals surface area contributed by atoms with Gasteiger partial charge in [-0.1, -0.05) is 0 Å². The average Bonchev–Trinajstić information content (AvgIpc) is 2.87. The van der Waals surface area contributed by atoms with Crippen LogP contribution < -0.4 is 0 Å². The van der Waals surface area contributed by atoms with Crippen molar-refractivity contribution in [2.24, 2.45) is 0 Å². The van der Waals surface area contributed by atoms with Crippen LogP contribution in [0.1, 0.15) is 62.5 Å². The molecule has 0 spiro atoms. The van der Waals surface area contributed by atoms with Crippen molar-refractivity contribution >= 4 is 27.8 Å². The molecule has 1 atom stereocenters. The lowest BCUT2D eigenvalue weighted by atomic mass is 9.97. The number of carboxylic acid groups (broad SMARTS) is 1. The van der Waals surface area contributed by atoms with Crippen molar-refractivity contribution in [3.8, 4) is 0 Å². The van der Waals surface area contributed by atoms with Crippen LogP contribution in [0.15, 0.2) is 16.7 Å². The Balaban J connectivity index is 2.20. The van der Waals surface area contributed by atoms with Gasteiger partial charge >= 0.3 is 5.97 Å². The number of aliphatic carboxylic acids is 1. The van der Waals surface area contributed by atoms with Gasteiger partial charge in [-0.05, 0) is 61.5 Å². The van der Waals surface area contributed by atoms with Crippen LogP contribution in [0, 0.1) is 0 Å². The lowest BCUT2D eigenvalue weighted by Crippen LogP contribution is -2.44. The summed E-state index contributed by atoms with van der Waals surface area (Å²) >= 11 is 3.44. The molecule has 5 nitrogen and oxygen atoms in total. The molecule has 122 valence electrons. The van der Waals surface area contributed by atoms with Crippen molar-refractivity contribution in [3.05, 3.63) is 22.4 Å². The molecule has 0 radical (unpaired) electrons. The number of carboxylic acids is 1. The largest absolute Gasteiger partial charge is 0.481 e. The molecule has 6 heteroatoms. The highest BCUT2D eigenvalue weighted by Crippen LogP contribution is 2.26. The predicted molar refractivity (Wildman–Crippen MR) is 88.1 cm³/mol. The Bertz CT molecular complexity index is 554. The molecule has 1 saturated heterocycles. The average molecular weight is 371 g/mol. The topological polar surface area (TPSA) is 62.5 Å². The molecule has 0 aliphatic carbocycles. The Morgan fingerprint density at radius 3 is 2.77 bits per heavy atom. The van der Waals surface area contributed by atoms with E-state index in [1.54, 1.807) is 0 Å². The van der Waals surface area contributed by atoms with Crippen LogP contribution in [0.4, 0.5) is 0 Å². The Morgan fingerprint density at radius 1 is 1.41 bits per heavy atom. The van der Waals surface area contributed by atoms with Gasteiger partial charge in [-0.3, -0.25) is 9.59 Å². The molecule has 2 heterocycles. The second kappa shape index (κ2) is 7.31. The number of piperidine rings is 1. The van der Waals surface area contributed by atoms with E-state index in [1.807, 2.05) is 35.6 Å². The zero-order valence-electron chi connectivity index (χ0n) is 13.1. The van der Waals surface area contributed by atoms with Gasteiger partial charge in [0.15, 0.2) is 0 Å². The molecule has 0 bridgehead atoms. The maximum absolute atomic E-state index is 12.9. The zero-order valence-corrected chi connectivity index (χ0v) is 14.7. The highest BCUT2D eigenvalue weighted by atomic mass is 79.9. The van der Waals surface area contributed by atoms with Crippen molar-refractivity contribution in [2.75, 3.05) is 6.54 Å². The quantitative estimate of drug-likeness (QED) is 0.859. The van der Waals surface area contributed by atoms with Gasteiger partial charge < -0.3 is 14.6 Å². The smallest absolute Gasteiger partial charge is 0.303 e. The SMILES string of the molecule is CC(C)n1cc(Br)cc1C(=O)N1CCCCC1CCC(=O)O. The lowest BCUT2D eigenvalue weighted by molar-refractivity contribution is -0.137. The third kappa shape index (κ3) is 3.91. The van der Waals surface area contributed by atoms with Crippen molar-refractivity contribution in [3.63, 3.8) is 0 Å². The Morgan fingerprint density at radius 2 is 2.14 bits per heavy atom. The summed E-state index contributed by atoms with van der Waals surface area (Å²) in [5, 5.41) is 8.89. The van der Waals surface area contributed by atoms with Crippen LogP contribution in [0.25, 0.3) is 0 Å². The van der Waals surface area contributed by atoms with Crippen molar-refractivity contribution in [1.29, 1.82) is 0 Å². The third-order valence-corrected chi connectivity index (χ3v) is 4.60. The summed E-state index contributed by atoms with van der Waals surface area (Å²) in [6.07, 6.45) is 5.51. The van der Waals surface area contributed by atoms with Crippen molar-refractivity contribution in [1.82, 2.24) is 9.47 Å². The predicted octanol–water partition coefficient (Wildman–Crippen LogP) is 3.69. The summed E-state index contributed by atoms with van der Waals surface area (Å²) in [7, 11) is 0. The van der Waals surface area contributed by atoms with E-state index in [0.717, 1.165) is 23.7 Å². The fourth-order valence-electron chi connectivity index (χ4n) is 3.05. The molecule has 2 rings (SSSR count). The minimum atomic E-state index is -0.800. The maximum atomic E-state index is 12.9. The Labute approximate surface area is 139 Å². The minimum Gasteiger partial charge on any atom is -0.481 e. The molecule has 1 aromatic heterocycles. The molecule has 1 aliphatic heterocycles. The summed E-state index contributed by atoms with van der Waals surface area (Å²) in [4.78, 5) is 25.6. The van der Waals surface area contributed by atoms with Gasteiger partial charge in [-0.25, -0.2) is 0 Å². The van der Waals surface area contributed by atoms with E-state index >= 15 is 0 Å². The van der Waals surface area contributed by atoms with E-state index < -0.39 is 5.97 Å². The molecule has 1 N–H and O–H groups in total. The van der Waals surface area contributed by atoms with Crippen LogP contribution in [0.2, 0.25) is 0 Å². The first-order chi connectivity index (χ1) is 10.4. The second-order valence-corrected chi connectivity index (χ2v) is 7.04. The number of hydrogen-bond acceptors (Lipinski definition) is 2. The van der Waals surface area contributed by atoms with E-state index in [2.05, 4.69) is 15.9 Å². The molecule has 1 fully saturated rings. The standard InChI is InChI=1S/C16H23BrN2O3/c1-11(2)19-10-12(17)9-14(19)16(22)18-8-4-3-5-13(18)6-7-15(20)21/h9-11,13H,3-8H2,1-2H3,(H,20,21). The molecular formula is C16H23BrN2O3. The first kappa shape index (κ1) is 17.1. The normalized spacial score (nSPS) is 18.7. The first-order valence-corrected chi connectivity index (χ1v) is 8.59. The molecule has 22 heavy (non-hydrogen) atoms. The molecule has 1 aromatic rings. The number of rotatable bonds is 5. The summed E-state index contributed by atoms with van der Waals surface area (Å²) in [5.74, 6) is -0.791. The van der Waals surface area contributed by atoms with E-state index in [-0.39, 0.29) is 24.4 Å². The Kier molecular flexibility index (Phi) is 5.67. The fraction of sp³-hybridized carbons (Fsp3) is 0.625. The third-order valence-electron chi connectivity index (χ3n) is 4.17. The van der Waals surface area contributed by atoms with E-state index in [4.69, 9.17) is 5.11 Å². The minimum absolute atomic E-state index is 0.00879. The van der Waals surface area contributed by atoms with Gasteiger partial charge in [0.2, 0.25) is 0 Å². The van der Waals surface area contributed by atoms with E-state index in [0.29, 0.717) is 18.7 Å². The number of likely N-dealkylation sites (tertiary alicyclic amines) is 1.